The van der Waals surface area contributed by atoms with Gasteiger partial charge in [0.25, 0.3) is 5.91 Å². The van der Waals surface area contributed by atoms with Gasteiger partial charge < -0.3 is 16.4 Å². The van der Waals surface area contributed by atoms with Crippen molar-refractivity contribution in [2.24, 2.45) is 0 Å². The molecule has 0 aliphatic carbocycles. The van der Waals surface area contributed by atoms with Gasteiger partial charge in [0.1, 0.15) is 5.69 Å². The van der Waals surface area contributed by atoms with E-state index in [4.69, 9.17) is 16.9 Å². The molecule has 9 heteroatoms. The van der Waals surface area contributed by atoms with Crippen LogP contribution >= 0.6 is 11.3 Å². The molecule has 0 fully saturated rings. The molecule has 0 radical (unpaired) electrons. The summed E-state index contributed by atoms with van der Waals surface area (Å²) in [6.45, 7) is 4.17. The quantitative estimate of drug-likeness (QED) is 0.651. The second-order valence-corrected chi connectivity index (χ2v) is 10.8. The molecule has 6 nitrogen and oxygen atoms in total. The van der Waals surface area contributed by atoms with Gasteiger partial charge in [0.15, 0.2) is 5.13 Å². The topological polar surface area (TPSA) is 97.1 Å². The van der Waals surface area contributed by atoms with Gasteiger partial charge in [-0.25, -0.2) is 4.98 Å². The fourth-order valence-electron chi connectivity index (χ4n) is 2.01. The highest BCUT2D eigenvalue weighted by Crippen LogP contribution is 2.20. The van der Waals surface area contributed by atoms with Gasteiger partial charge in [0.2, 0.25) is 5.91 Å². The highest BCUT2D eigenvalue weighted by Gasteiger charge is 2.20. The lowest BCUT2D eigenvalue weighted by Gasteiger charge is -2.23. The van der Waals surface area contributed by atoms with Gasteiger partial charge in [-0.2, -0.15) is 0 Å². The Labute approximate surface area is 164 Å². The highest BCUT2D eigenvalue weighted by molar-refractivity contribution is 8.29. The number of hydrogen-bond donors (Lipinski definition) is 3. The van der Waals surface area contributed by atoms with Crippen LogP contribution in [0.2, 0.25) is 0 Å². The molecule has 0 spiro atoms. The zero-order valence-corrected chi connectivity index (χ0v) is 17.3. The van der Waals surface area contributed by atoms with E-state index in [2.05, 4.69) is 29.5 Å². The van der Waals surface area contributed by atoms with Crippen LogP contribution in [-0.2, 0) is 25.4 Å². The van der Waals surface area contributed by atoms with Gasteiger partial charge >= 0.3 is 0 Å². The molecular formula is C17H22N4O2S3. The standard InChI is InChI=1S/C17H22N4O2S3/c1-17(2,26(3)24)9-8-14(22)19-11-4-6-12(7-5-11)20-15(23)13-10-25-16(18)21-13/h4-7,10H,8-9H2,1-3H3,(H2,18,21)(H,19,22)(H,20,23). The molecule has 0 aliphatic heterocycles. The third kappa shape index (κ3) is 5.86. The average molecular weight is 411 g/mol. The molecule has 1 atom stereocenters. The summed E-state index contributed by atoms with van der Waals surface area (Å²) in [5.74, 6) is -0.371. The number of anilines is 3. The third-order valence-electron chi connectivity index (χ3n) is 3.91. The molecule has 140 valence electrons. The van der Waals surface area contributed by atoms with Crippen molar-refractivity contribution >= 4 is 60.3 Å². The van der Waals surface area contributed by atoms with Crippen molar-refractivity contribution in [2.75, 3.05) is 22.6 Å². The van der Waals surface area contributed by atoms with Gasteiger partial charge in [-0.1, -0.05) is 25.0 Å². The minimum absolute atomic E-state index is 0.0279. The van der Waals surface area contributed by atoms with Crippen LogP contribution in [0.1, 0.15) is 37.2 Å². The molecule has 1 heterocycles. The summed E-state index contributed by atoms with van der Waals surface area (Å²) in [7, 11) is -0.161. The number of carbonyl (C=O) groups excluding carboxylic acids is 2. The number of carbonyl (C=O) groups is 2. The summed E-state index contributed by atoms with van der Waals surface area (Å²) in [4.78, 5) is 28.1. The minimum atomic E-state index is -0.323. The molecule has 2 rings (SSSR count). The van der Waals surface area contributed by atoms with Crippen LogP contribution in [0.4, 0.5) is 16.5 Å². The molecule has 1 aromatic heterocycles. The smallest absolute Gasteiger partial charge is 0.275 e. The maximum Gasteiger partial charge on any atom is 0.275 e. The van der Waals surface area contributed by atoms with Crippen molar-refractivity contribution in [3.63, 3.8) is 0 Å². The summed E-state index contributed by atoms with van der Waals surface area (Å²) >= 11 is 6.55. The molecule has 0 bridgehead atoms. The Morgan fingerprint density at radius 2 is 1.81 bits per heavy atom. The van der Waals surface area contributed by atoms with Gasteiger partial charge in [0.05, 0.1) is 0 Å². The Morgan fingerprint density at radius 3 is 2.31 bits per heavy atom. The normalized spacial score (nSPS) is 12.4. The second-order valence-electron chi connectivity index (χ2n) is 6.36. The number of rotatable bonds is 7. The first-order chi connectivity index (χ1) is 12.2. The Hall–Kier alpha value is -1.84. The van der Waals surface area contributed by atoms with Crippen molar-refractivity contribution in [3.05, 3.63) is 35.3 Å². The largest absolute Gasteiger partial charge is 0.375 e. The van der Waals surface area contributed by atoms with Crippen LogP contribution in [0.15, 0.2) is 29.6 Å². The van der Waals surface area contributed by atoms with Gasteiger partial charge in [0, 0.05) is 27.9 Å². The van der Waals surface area contributed by atoms with E-state index in [1.54, 1.807) is 29.6 Å². The second kappa shape index (κ2) is 8.70. The van der Waals surface area contributed by atoms with E-state index >= 15 is 0 Å². The molecule has 0 saturated carbocycles. The Bertz CT molecular complexity index is 816. The van der Waals surface area contributed by atoms with Crippen molar-refractivity contribution in [1.82, 2.24) is 4.98 Å². The fraction of sp³-hybridized carbons (Fsp3) is 0.353. The zero-order chi connectivity index (χ0) is 19.3. The van der Waals surface area contributed by atoms with Gasteiger partial charge in [-0.05, 0) is 36.9 Å². The van der Waals surface area contributed by atoms with E-state index in [1.807, 2.05) is 6.26 Å². The predicted octanol–water partition coefficient (Wildman–Crippen LogP) is 3.18. The summed E-state index contributed by atoms with van der Waals surface area (Å²) in [5.41, 5.74) is 7.10. The van der Waals surface area contributed by atoms with Gasteiger partial charge in [-0.15, -0.1) is 20.8 Å². The number of thiazole rings is 1. The summed E-state index contributed by atoms with van der Waals surface area (Å²) in [6.07, 6.45) is 3.18. The molecule has 26 heavy (non-hydrogen) atoms. The summed E-state index contributed by atoms with van der Waals surface area (Å²) in [6, 6.07) is 6.93. The Morgan fingerprint density at radius 1 is 1.23 bits per heavy atom. The lowest BCUT2D eigenvalue weighted by molar-refractivity contribution is -0.116. The number of nitrogens with two attached hydrogens (primary N) is 1. The van der Waals surface area contributed by atoms with Crippen molar-refractivity contribution in [2.45, 2.75) is 31.4 Å². The van der Waals surface area contributed by atoms with Crippen LogP contribution in [0.3, 0.4) is 0 Å². The average Bonchev–Trinajstić information content (AvgIpc) is 3.01. The molecule has 1 unspecified atom stereocenters. The molecule has 1 aromatic carbocycles. The highest BCUT2D eigenvalue weighted by atomic mass is 32.8. The van der Waals surface area contributed by atoms with Crippen LogP contribution in [0, 0.1) is 0 Å². The first-order valence-electron chi connectivity index (χ1n) is 7.93. The number of hydrogen-bond acceptors (Lipinski definition) is 6. The summed E-state index contributed by atoms with van der Waals surface area (Å²) in [5, 5.41) is 7.55. The van der Waals surface area contributed by atoms with E-state index < -0.39 is 0 Å². The van der Waals surface area contributed by atoms with Crippen LogP contribution < -0.4 is 16.4 Å². The molecule has 2 amide bonds. The first kappa shape index (κ1) is 20.5. The maximum absolute atomic E-state index is 12.1. The number of nitrogens with one attached hydrogen (secondary N) is 2. The van der Waals surface area contributed by atoms with Crippen LogP contribution in [0.5, 0.6) is 0 Å². The third-order valence-corrected chi connectivity index (χ3v) is 7.70. The summed E-state index contributed by atoms with van der Waals surface area (Å²) < 4.78 is -0.0279. The SMILES string of the molecule is CS(=S)C(C)(C)CCC(=O)Nc1ccc(NC(=O)c2csc(N)n2)cc1. The zero-order valence-electron chi connectivity index (χ0n) is 14.9. The lowest BCUT2D eigenvalue weighted by Crippen LogP contribution is -2.27. The Balaban J connectivity index is 1.88. The van der Waals surface area contributed by atoms with Crippen molar-refractivity contribution < 1.29 is 9.59 Å². The predicted molar refractivity (Wildman–Crippen MR) is 114 cm³/mol. The van der Waals surface area contributed by atoms with E-state index in [-0.39, 0.29) is 31.7 Å². The Kier molecular flexibility index (Phi) is 6.85. The number of nitrogen functional groups attached to an aromatic ring is 1. The number of amides is 2. The van der Waals surface area contributed by atoms with E-state index in [1.165, 1.54) is 11.3 Å². The first-order valence-corrected chi connectivity index (χ1v) is 11.4. The monoisotopic (exact) mass is 410 g/mol. The maximum atomic E-state index is 12.1. The molecule has 0 saturated heterocycles. The van der Waals surface area contributed by atoms with Crippen molar-refractivity contribution in [1.29, 1.82) is 0 Å². The number of aromatic nitrogens is 1. The van der Waals surface area contributed by atoms with Gasteiger partial charge in [-0.3, -0.25) is 9.59 Å². The minimum Gasteiger partial charge on any atom is -0.375 e. The van der Waals surface area contributed by atoms with Crippen molar-refractivity contribution in [3.8, 4) is 0 Å². The van der Waals surface area contributed by atoms with Crippen LogP contribution in [0.25, 0.3) is 0 Å². The molecular weight excluding hydrogens is 388 g/mol. The number of nitrogens with zero attached hydrogens (tertiary/aromatic N) is 1. The van der Waals surface area contributed by atoms with E-state index in [9.17, 15) is 9.59 Å². The molecule has 0 aliphatic rings. The van der Waals surface area contributed by atoms with E-state index in [0.717, 1.165) is 6.42 Å². The fourth-order valence-corrected chi connectivity index (χ4v) is 3.19. The lowest BCUT2D eigenvalue weighted by atomic mass is 10.1. The van der Waals surface area contributed by atoms with E-state index in [0.29, 0.717) is 22.9 Å². The molecule has 4 N–H and O–H groups in total. The molecule has 2 aromatic rings. The van der Waals surface area contributed by atoms with Crippen LogP contribution in [-0.4, -0.2) is 27.8 Å². The number of benzene rings is 1.